The first-order chi connectivity index (χ1) is 7.11. The molecule has 0 spiro atoms. The highest BCUT2D eigenvalue weighted by Gasteiger charge is 2.21. The van der Waals surface area contributed by atoms with Crippen LogP contribution in [0.1, 0.15) is 17.3 Å². The smallest absolute Gasteiger partial charge is 0.252 e. The van der Waals surface area contributed by atoms with Gasteiger partial charge in [-0.05, 0) is 19.1 Å². The van der Waals surface area contributed by atoms with Crippen LogP contribution in [0.15, 0.2) is 43.0 Å². The van der Waals surface area contributed by atoms with E-state index in [1.807, 2.05) is 6.07 Å². The number of hydrogen-bond donors (Lipinski definition) is 2. The molecule has 0 saturated heterocycles. The van der Waals surface area contributed by atoms with Crippen molar-refractivity contribution in [3.8, 4) is 0 Å². The van der Waals surface area contributed by atoms with Crippen LogP contribution in [0.5, 0.6) is 0 Å². The van der Waals surface area contributed by atoms with Gasteiger partial charge in [0.05, 0.1) is 12.1 Å². The monoisotopic (exact) mass is 205 g/mol. The van der Waals surface area contributed by atoms with Gasteiger partial charge in [0.1, 0.15) is 0 Å². The second-order valence-electron chi connectivity index (χ2n) is 3.60. The predicted octanol–water partition coefficient (Wildman–Crippen LogP) is 1.35. The lowest BCUT2D eigenvalue weighted by Crippen LogP contribution is -2.47. The summed E-state index contributed by atoms with van der Waals surface area (Å²) in [5.74, 6) is -0.216. The Bertz CT molecular complexity index is 348. The Morgan fingerprint density at radius 1 is 1.53 bits per heavy atom. The molecule has 0 heterocycles. The highest BCUT2D eigenvalue weighted by Crippen LogP contribution is 2.06. The Labute approximate surface area is 89.4 Å². The summed E-state index contributed by atoms with van der Waals surface area (Å²) in [7, 11) is 0. The molecule has 0 bridgehead atoms. The first-order valence-corrected chi connectivity index (χ1v) is 4.73. The number of carbonyl (C=O) groups is 1. The van der Waals surface area contributed by atoms with Crippen LogP contribution in [-0.4, -0.2) is 23.2 Å². The lowest BCUT2D eigenvalue weighted by atomic mass is 10.0. The second kappa shape index (κ2) is 4.75. The van der Waals surface area contributed by atoms with Gasteiger partial charge in [-0.25, -0.2) is 0 Å². The number of benzene rings is 1. The van der Waals surface area contributed by atoms with Gasteiger partial charge in [0.15, 0.2) is 0 Å². The minimum atomic E-state index is -0.771. The van der Waals surface area contributed by atoms with E-state index in [4.69, 9.17) is 5.11 Å². The van der Waals surface area contributed by atoms with E-state index in [1.54, 1.807) is 31.2 Å². The highest BCUT2D eigenvalue weighted by atomic mass is 16.3. The first kappa shape index (κ1) is 11.5. The molecule has 1 aromatic carbocycles. The lowest BCUT2D eigenvalue weighted by molar-refractivity contribution is 0.0889. The Hall–Kier alpha value is -1.61. The molecule has 0 saturated carbocycles. The van der Waals surface area contributed by atoms with E-state index in [9.17, 15) is 4.79 Å². The van der Waals surface area contributed by atoms with Crippen molar-refractivity contribution in [1.29, 1.82) is 0 Å². The van der Waals surface area contributed by atoms with Crippen LogP contribution in [0.25, 0.3) is 0 Å². The van der Waals surface area contributed by atoms with Crippen LogP contribution >= 0.6 is 0 Å². The van der Waals surface area contributed by atoms with Crippen molar-refractivity contribution >= 4 is 5.91 Å². The van der Waals surface area contributed by atoms with Crippen molar-refractivity contribution in [2.24, 2.45) is 0 Å². The van der Waals surface area contributed by atoms with Gasteiger partial charge in [0, 0.05) is 5.56 Å². The molecule has 0 unspecified atom stereocenters. The summed E-state index contributed by atoms with van der Waals surface area (Å²) < 4.78 is 0. The van der Waals surface area contributed by atoms with E-state index in [0.29, 0.717) is 5.56 Å². The highest BCUT2D eigenvalue weighted by molar-refractivity contribution is 5.94. The average Bonchev–Trinajstić information content (AvgIpc) is 2.30. The molecule has 15 heavy (non-hydrogen) atoms. The third-order valence-electron chi connectivity index (χ3n) is 2.21. The molecule has 2 N–H and O–H groups in total. The summed E-state index contributed by atoms with van der Waals surface area (Å²) in [6, 6.07) is 8.86. The van der Waals surface area contributed by atoms with Crippen LogP contribution in [-0.2, 0) is 0 Å². The van der Waals surface area contributed by atoms with E-state index in [1.165, 1.54) is 6.08 Å². The summed E-state index contributed by atoms with van der Waals surface area (Å²) >= 11 is 0. The largest absolute Gasteiger partial charge is 0.394 e. The van der Waals surface area contributed by atoms with Gasteiger partial charge in [0.25, 0.3) is 5.91 Å². The topological polar surface area (TPSA) is 49.3 Å². The van der Waals surface area contributed by atoms with Gasteiger partial charge in [-0.1, -0.05) is 24.3 Å². The number of carbonyl (C=O) groups excluding carboxylic acids is 1. The molecule has 3 nitrogen and oxygen atoms in total. The molecule has 0 aliphatic heterocycles. The van der Waals surface area contributed by atoms with E-state index < -0.39 is 5.54 Å². The number of hydrogen-bond acceptors (Lipinski definition) is 2. The van der Waals surface area contributed by atoms with E-state index in [2.05, 4.69) is 11.9 Å². The summed E-state index contributed by atoms with van der Waals surface area (Å²) in [5.41, 5.74) is -0.202. The third kappa shape index (κ3) is 2.92. The Morgan fingerprint density at radius 3 is 2.60 bits per heavy atom. The van der Waals surface area contributed by atoms with Gasteiger partial charge >= 0.3 is 0 Å². The molecule has 3 heteroatoms. The summed E-state index contributed by atoms with van der Waals surface area (Å²) in [6.45, 7) is 5.11. The molecule has 1 amide bonds. The summed E-state index contributed by atoms with van der Waals surface area (Å²) in [5, 5.41) is 11.8. The molecule has 1 aromatic rings. The fourth-order valence-electron chi connectivity index (χ4n) is 1.08. The molecular formula is C12H15NO2. The van der Waals surface area contributed by atoms with Crippen molar-refractivity contribution in [2.75, 3.05) is 6.61 Å². The quantitative estimate of drug-likeness (QED) is 0.729. The normalized spacial score (nSPS) is 14.0. The van der Waals surface area contributed by atoms with Crippen LogP contribution < -0.4 is 5.32 Å². The molecule has 80 valence electrons. The number of nitrogens with one attached hydrogen (secondary N) is 1. The van der Waals surface area contributed by atoms with Gasteiger partial charge in [0.2, 0.25) is 0 Å². The van der Waals surface area contributed by atoms with Gasteiger partial charge in [-0.3, -0.25) is 4.79 Å². The number of aliphatic hydroxyl groups is 1. The molecular weight excluding hydrogens is 190 g/mol. The van der Waals surface area contributed by atoms with E-state index >= 15 is 0 Å². The molecule has 0 fully saturated rings. The maximum atomic E-state index is 11.7. The molecule has 0 aliphatic rings. The second-order valence-corrected chi connectivity index (χ2v) is 3.60. The van der Waals surface area contributed by atoms with Crippen LogP contribution in [0, 0.1) is 0 Å². The van der Waals surface area contributed by atoms with E-state index in [-0.39, 0.29) is 12.5 Å². The van der Waals surface area contributed by atoms with Crippen molar-refractivity contribution in [2.45, 2.75) is 12.5 Å². The Balaban J connectivity index is 2.76. The molecule has 1 rings (SSSR count). The fraction of sp³-hybridized carbons (Fsp3) is 0.250. The SMILES string of the molecule is C=C[C@@](C)(CO)NC(=O)c1ccccc1. The fourth-order valence-corrected chi connectivity index (χ4v) is 1.08. The average molecular weight is 205 g/mol. The predicted molar refractivity (Wildman–Crippen MR) is 59.6 cm³/mol. The van der Waals surface area contributed by atoms with Crippen molar-refractivity contribution in [3.05, 3.63) is 48.6 Å². The zero-order valence-corrected chi connectivity index (χ0v) is 8.73. The van der Waals surface area contributed by atoms with Crippen LogP contribution in [0.3, 0.4) is 0 Å². The molecule has 1 atom stereocenters. The minimum Gasteiger partial charge on any atom is -0.394 e. The van der Waals surface area contributed by atoms with Crippen molar-refractivity contribution in [1.82, 2.24) is 5.32 Å². The number of rotatable bonds is 4. The molecule has 0 aliphatic carbocycles. The minimum absolute atomic E-state index is 0.172. The van der Waals surface area contributed by atoms with Crippen molar-refractivity contribution < 1.29 is 9.90 Å². The lowest BCUT2D eigenvalue weighted by Gasteiger charge is -2.24. The standard InChI is InChI=1S/C12H15NO2/c1-3-12(2,9-14)13-11(15)10-7-5-4-6-8-10/h3-8,14H,1,9H2,2H3,(H,13,15)/t12-/m0/s1. The number of amides is 1. The van der Waals surface area contributed by atoms with Gasteiger partial charge < -0.3 is 10.4 Å². The van der Waals surface area contributed by atoms with Crippen LogP contribution in [0.2, 0.25) is 0 Å². The zero-order valence-electron chi connectivity index (χ0n) is 8.73. The van der Waals surface area contributed by atoms with E-state index in [0.717, 1.165) is 0 Å². The van der Waals surface area contributed by atoms with Crippen LogP contribution in [0.4, 0.5) is 0 Å². The first-order valence-electron chi connectivity index (χ1n) is 4.73. The molecule has 0 aromatic heterocycles. The molecule has 0 radical (unpaired) electrons. The third-order valence-corrected chi connectivity index (χ3v) is 2.21. The number of aliphatic hydroxyl groups excluding tert-OH is 1. The zero-order chi connectivity index (χ0) is 11.3. The van der Waals surface area contributed by atoms with Gasteiger partial charge in [-0.15, -0.1) is 6.58 Å². The Kier molecular flexibility index (Phi) is 3.63. The maximum absolute atomic E-state index is 11.7. The van der Waals surface area contributed by atoms with Gasteiger partial charge in [-0.2, -0.15) is 0 Å². The summed E-state index contributed by atoms with van der Waals surface area (Å²) in [4.78, 5) is 11.7. The summed E-state index contributed by atoms with van der Waals surface area (Å²) in [6.07, 6.45) is 1.52. The Morgan fingerprint density at radius 2 is 2.13 bits per heavy atom. The van der Waals surface area contributed by atoms with Crippen molar-refractivity contribution in [3.63, 3.8) is 0 Å². The maximum Gasteiger partial charge on any atom is 0.252 e.